The normalized spacial score (nSPS) is 13.6. The number of guanidine groups is 1. The van der Waals surface area contributed by atoms with E-state index >= 15 is 0 Å². The summed E-state index contributed by atoms with van der Waals surface area (Å²) in [5, 5.41) is 10.0. The van der Waals surface area contributed by atoms with Gasteiger partial charge in [0.05, 0.1) is 12.1 Å². The molecule has 25 heavy (non-hydrogen) atoms. The smallest absolute Gasteiger partial charge is 0.364 e. The molecule has 1 atom stereocenters. The third-order valence-corrected chi connectivity index (χ3v) is 3.80. The standard InChI is InChI=1S/C17H21F3N4O/c1-12(13-4-3-5-14(10-13)17(18,19)20)6-8-22-16(21-2)23-11-15-7-9-25-24-15/h3-5,7,9-10,12H,6,8,11H2,1-2H3,(H2,21,22,23). The quantitative estimate of drug-likeness (QED) is 0.615. The average Bonchev–Trinajstić information content (AvgIpc) is 3.10. The van der Waals surface area contributed by atoms with Crippen LogP contribution in [0.1, 0.15) is 36.1 Å². The van der Waals surface area contributed by atoms with Gasteiger partial charge in [0, 0.05) is 19.7 Å². The number of alkyl halides is 3. The van der Waals surface area contributed by atoms with Gasteiger partial charge in [-0.3, -0.25) is 4.99 Å². The number of hydrogen-bond donors (Lipinski definition) is 2. The molecular weight excluding hydrogens is 333 g/mol. The predicted molar refractivity (Wildman–Crippen MR) is 89.2 cm³/mol. The molecule has 0 saturated heterocycles. The highest BCUT2D eigenvalue weighted by Crippen LogP contribution is 2.31. The number of nitrogens with zero attached hydrogens (tertiary/aromatic N) is 2. The minimum absolute atomic E-state index is 0.0107. The van der Waals surface area contributed by atoms with Gasteiger partial charge in [-0.15, -0.1) is 0 Å². The van der Waals surface area contributed by atoms with Gasteiger partial charge in [0.25, 0.3) is 0 Å². The molecule has 0 amide bonds. The molecule has 8 heteroatoms. The second kappa shape index (κ2) is 8.55. The van der Waals surface area contributed by atoms with E-state index in [1.165, 1.54) is 18.4 Å². The Kier molecular flexibility index (Phi) is 6.44. The van der Waals surface area contributed by atoms with Crippen molar-refractivity contribution in [3.05, 3.63) is 53.4 Å². The van der Waals surface area contributed by atoms with Gasteiger partial charge in [-0.1, -0.05) is 30.3 Å². The molecule has 2 rings (SSSR count). The van der Waals surface area contributed by atoms with Crippen LogP contribution in [-0.4, -0.2) is 24.7 Å². The Morgan fingerprint density at radius 1 is 1.28 bits per heavy atom. The predicted octanol–water partition coefficient (Wildman–Crippen LogP) is 3.55. The van der Waals surface area contributed by atoms with Gasteiger partial charge in [-0.2, -0.15) is 13.2 Å². The molecule has 2 aromatic rings. The first kappa shape index (κ1) is 18.8. The lowest BCUT2D eigenvalue weighted by Gasteiger charge is -2.16. The maximum atomic E-state index is 12.8. The first-order valence-electron chi connectivity index (χ1n) is 7.91. The molecule has 0 aliphatic heterocycles. The van der Waals surface area contributed by atoms with E-state index in [2.05, 4.69) is 20.8 Å². The molecule has 136 valence electrons. The van der Waals surface area contributed by atoms with Crippen molar-refractivity contribution in [3.63, 3.8) is 0 Å². The van der Waals surface area contributed by atoms with Crippen LogP contribution in [0.3, 0.4) is 0 Å². The molecule has 1 heterocycles. The maximum absolute atomic E-state index is 12.8. The van der Waals surface area contributed by atoms with E-state index in [9.17, 15) is 13.2 Å². The molecular formula is C17H21F3N4O. The van der Waals surface area contributed by atoms with E-state index in [1.807, 2.05) is 6.92 Å². The lowest BCUT2D eigenvalue weighted by molar-refractivity contribution is -0.137. The number of halogens is 3. The molecule has 0 bridgehead atoms. The van der Waals surface area contributed by atoms with Gasteiger partial charge in [0.2, 0.25) is 0 Å². The Balaban J connectivity index is 1.82. The number of aromatic nitrogens is 1. The summed E-state index contributed by atoms with van der Waals surface area (Å²) in [4.78, 5) is 4.09. The Hall–Kier alpha value is -2.51. The molecule has 0 saturated carbocycles. The fourth-order valence-corrected chi connectivity index (χ4v) is 2.32. The van der Waals surface area contributed by atoms with E-state index in [0.717, 1.165) is 11.8 Å². The van der Waals surface area contributed by atoms with Gasteiger partial charge >= 0.3 is 6.18 Å². The van der Waals surface area contributed by atoms with Crippen molar-refractivity contribution < 1.29 is 17.7 Å². The second-order valence-corrected chi connectivity index (χ2v) is 5.66. The third-order valence-electron chi connectivity index (χ3n) is 3.80. The Bertz CT molecular complexity index is 683. The molecule has 1 aromatic carbocycles. The summed E-state index contributed by atoms with van der Waals surface area (Å²) in [5.41, 5.74) is 0.803. The van der Waals surface area contributed by atoms with Crippen molar-refractivity contribution in [2.45, 2.75) is 32.0 Å². The van der Waals surface area contributed by atoms with Crippen LogP contribution in [0.2, 0.25) is 0 Å². The molecule has 0 aliphatic rings. The Labute approximate surface area is 144 Å². The van der Waals surface area contributed by atoms with E-state index in [4.69, 9.17) is 4.52 Å². The van der Waals surface area contributed by atoms with E-state index in [1.54, 1.807) is 19.2 Å². The molecule has 1 unspecified atom stereocenters. The van der Waals surface area contributed by atoms with Gasteiger partial charge in [0.15, 0.2) is 5.96 Å². The van der Waals surface area contributed by atoms with Crippen LogP contribution >= 0.6 is 0 Å². The van der Waals surface area contributed by atoms with Crippen LogP contribution in [0.15, 0.2) is 46.1 Å². The largest absolute Gasteiger partial charge is 0.416 e. The number of benzene rings is 1. The summed E-state index contributed by atoms with van der Waals surface area (Å²) in [7, 11) is 1.65. The summed E-state index contributed by atoms with van der Waals surface area (Å²) >= 11 is 0. The van der Waals surface area contributed by atoms with Crippen molar-refractivity contribution in [1.29, 1.82) is 0 Å². The first-order valence-corrected chi connectivity index (χ1v) is 7.91. The molecule has 0 radical (unpaired) electrons. The lowest BCUT2D eigenvalue weighted by Crippen LogP contribution is -2.37. The zero-order valence-corrected chi connectivity index (χ0v) is 14.1. The highest BCUT2D eigenvalue weighted by molar-refractivity contribution is 5.79. The first-order chi connectivity index (χ1) is 11.9. The highest BCUT2D eigenvalue weighted by atomic mass is 19.4. The zero-order chi connectivity index (χ0) is 18.3. The number of rotatable bonds is 6. The topological polar surface area (TPSA) is 62.5 Å². The summed E-state index contributed by atoms with van der Waals surface area (Å²) in [6.07, 6.45) is -2.16. The van der Waals surface area contributed by atoms with Gasteiger partial charge < -0.3 is 15.2 Å². The fourth-order valence-electron chi connectivity index (χ4n) is 2.32. The van der Waals surface area contributed by atoms with Crippen molar-refractivity contribution in [2.24, 2.45) is 4.99 Å². The van der Waals surface area contributed by atoms with Crippen LogP contribution in [-0.2, 0) is 12.7 Å². The lowest BCUT2D eigenvalue weighted by atomic mass is 9.96. The van der Waals surface area contributed by atoms with Crippen LogP contribution < -0.4 is 10.6 Å². The summed E-state index contributed by atoms with van der Waals surface area (Å²) < 4.78 is 43.1. The van der Waals surface area contributed by atoms with Crippen molar-refractivity contribution in [3.8, 4) is 0 Å². The molecule has 2 N–H and O–H groups in total. The molecule has 0 spiro atoms. The fraction of sp³-hybridized carbons (Fsp3) is 0.412. The minimum Gasteiger partial charge on any atom is -0.364 e. The number of nitrogens with one attached hydrogen (secondary N) is 2. The zero-order valence-electron chi connectivity index (χ0n) is 14.1. The van der Waals surface area contributed by atoms with Gasteiger partial charge in [-0.25, -0.2) is 0 Å². The summed E-state index contributed by atoms with van der Waals surface area (Å²) in [5.74, 6) is 0.586. The van der Waals surface area contributed by atoms with Gasteiger partial charge in [0.1, 0.15) is 12.0 Å². The van der Waals surface area contributed by atoms with Crippen molar-refractivity contribution >= 4 is 5.96 Å². The average molecular weight is 354 g/mol. The van der Waals surface area contributed by atoms with E-state index < -0.39 is 11.7 Å². The Morgan fingerprint density at radius 3 is 2.72 bits per heavy atom. The van der Waals surface area contributed by atoms with Crippen LogP contribution in [0.5, 0.6) is 0 Å². The van der Waals surface area contributed by atoms with Crippen LogP contribution in [0.4, 0.5) is 13.2 Å². The van der Waals surface area contributed by atoms with Crippen LogP contribution in [0, 0.1) is 0 Å². The SMILES string of the molecule is CN=C(NCCC(C)c1cccc(C(F)(F)F)c1)NCc1ccon1. The monoisotopic (exact) mass is 354 g/mol. The molecule has 1 aromatic heterocycles. The van der Waals surface area contributed by atoms with E-state index in [0.29, 0.717) is 31.0 Å². The van der Waals surface area contributed by atoms with Gasteiger partial charge in [-0.05, 0) is 24.0 Å². The summed E-state index contributed by atoms with van der Waals surface area (Å²) in [6.45, 7) is 2.96. The third kappa shape index (κ3) is 5.81. The van der Waals surface area contributed by atoms with E-state index in [-0.39, 0.29) is 5.92 Å². The van der Waals surface area contributed by atoms with Crippen LogP contribution in [0.25, 0.3) is 0 Å². The number of aliphatic imine (C=N–C) groups is 1. The van der Waals surface area contributed by atoms with Crippen molar-refractivity contribution in [1.82, 2.24) is 15.8 Å². The minimum atomic E-state index is -4.32. The number of hydrogen-bond acceptors (Lipinski definition) is 3. The Morgan fingerprint density at radius 2 is 2.08 bits per heavy atom. The van der Waals surface area contributed by atoms with Crippen molar-refractivity contribution in [2.75, 3.05) is 13.6 Å². The highest BCUT2D eigenvalue weighted by Gasteiger charge is 2.30. The molecule has 0 fully saturated rings. The maximum Gasteiger partial charge on any atom is 0.416 e. The molecule has 0 aliphatic carbocycles. The molecule has 5 nitrogen and oxygen atoms in total. The second-order valence-electron chi connectivity index (χ2n) is 5.66. The summed E-state index contributed by atoms with van der Waals surface area (Å²) in [6, 6.07) is 7.21.